The molecule has 9 aromatic carbocycles. The highest BCUT2D eigenvalue weighted by molar-refractivity contribution is 6.21. The Morgan fingerprint density at radius 1 is 0.302 bits per heavy atom. The van der Waals surface area contributed by atoms with Crippen LogP contribution in [0.2, 0.25) is 0 Å². The Bertz CT molecular complexity index is 3230. The summed E-state index contributed by atoms with van der Waals surface area (Å²) in [6.45, 7) is 0. The van der Waals surface area contributed by atoms with Gasteiger partial charge in [0.05, 0.1) is 0 Å². The molecule has 0 bridgehead atoms. The molecule has 0 amide bonds. The summed E-state index contributed by atoms with van der Waals surface area (Å²) in [5.41, 5.74) is 6.49. The van der Waals surface area contributed by atoms with Crippen molar-refractivity contribution in [2.24, 2.45) is 0 Å². The number of rotatable bonds is 4. The molecule has 0 aliphatic carbocycles. The number of para-hydroxylation sites is 1. The lowest BCUT2D eigenvalue weighted by Crippen LogP contribution is -2.00. The third-order valence-electron chi connectivity index (χ3n) is 10.5. The average molecular weight is 676 g/mol. The monoisotopic (exact) mass is 675 g/mol. The van der Waals surface area contributed by atoms with E-state index in [1.165, 1.54) is 37.7 Å². The molecule has 0 saturated carbocycles. The largest absolute Gasteiger partial charge is 0.456 e. The van der Waals surface area contributed by atoms with Crippen molar-refractivity contribution in [3.8, 4) is 45.3 Å². The molecule has 2 aromatic heterocycles. The molecule has 0 radical (unpaired) electrons. The lowest BCUT2D eigenvalue weighted by Gasteiger charge is -2.13. The van der Waals surface area contributed by atoms with Crippen molar-refractivity contribution in [2.45, 2.75) is 0 Å². The first kappa shape index (κ1) is 29.5. The molecule has 0 aliphatic rings. The van der Waals surface area contributed by atoms with Crippen LogP contribution in [-0.2, 0) is 0 Å². The predicted octanol–water partition coefficient (Wildman–Crippen LogP) is 13.1. The van der Waals surface area contributed by atoms with E-state index in [1.54, 1.807) is 0 Å². The fourth-order valence-corrected chi connectivity index (χ4v) is 7.87. The van der Waals surface area contributed by atoms with Crippen molar-refractivity contribution >= 4 is 65.0 Å². The Balaban J connectivity index is 1.19. The zero-order chi connectivity index (χ0) is 34.9. The highest BCUT2D eigenvalue weighted by Gasteiger charge is 2.20. The number of fused-ring (bicyclic) bond motifs is 9. The first-order valence-corrected chi connectivity index (χ1v) is 17.8. The van der Waals surface area contributed by atoms with E-state index in [2.05, 4.69) is 133 Å². The lowest BCUT2D eigenvalue weighted by molar-refractivity contribution is 0.669. The fourth-order valence-electron chi connectivity index (χ4n) is 7.87. The van der Waals surface area contributed by atoms with Crippen LogP contribution in [0, 0.1) is 0 Å². The SMILES string of the molecule is c1ccc(-c2nc(-c3ccc4ccccc4c3)nc(-c3cc(-c4ccc5ccc6ccc7ccccc7c6c5c4)cc4oc5ccccc5c34)n2)cc1. The minimum Gasteiger partial charge on any atom is -0.456 e. The molecule has 53 heavy (non-hydrogen) atoms. The first-order valence-electron chi connectivity index (χ1n) is 17.8. The van der Waals surface area contributed by atoms with E-state index in [9.17, 15) is 0 Å². The summed E-state index contributed by atoms with van der Waals surface area (Å²) in [6.07, 6.45) is 0. The van der Waals surface area contributed by atoms with Crippen molar-refractivity contribution in [2.75, 3.05) is 0 Å². The maximum atomic E-state index is 6.60. The molecule has 4 nitrogen and oxygen atoms in total. The third kappa shape index (κ3) is 4.88. The van der Waals surface area contributed by atoms with Gasteiger partial charge in [-0.15, -0.1) is 0 Å². The zero-order valence-corrected chi connectivity index (χ0v) is 28.5. The van der Waals surface area contributed by atoms with E-state index < -0.39 is 0 Å². The van der Waals surface area contributed by atoms with Gasteiger partial charge in [0.1, 0.15) is 11.2 Å². The fraction of sp³-hybridized carbons (Fsp3) is 0. The van der Waals surface area contributed by atoms with Crippen molar-refractivity contribution in [1.29, 1.82) is 0 Å². The van der Waals surface area contributed by atoms with Crippen LogP contribution in [0.15, 0.2) is 180 Å². The van der Waals surface area contributed by atoms with Crippen LogP contribution < -0.4 is 0 Å². The molecule has 0 atom stereocenters. The van der Waals surface area contributed by atoms with Gasteiger partial charge in [-0.25, -0.2) is 15.0 Å². The van der Waals surface area contributed by atoms with Gasteiger partial charge in [0.15, 0.2) is 17.5 Å². The van der Waals surface area contributed by atoms with Crippen molar-refractivity contribution in [3.05, 3.63) is 176 Å². The smallest absolute Gasteiger partial charge is 0.164 e. The van der Waals surface area contributed by atoms with Crippen LogP contribution in [-0.4, -0.2) is 15.0 Å². The Labute approximate surface area is 304 Å². The van der Waals surface area contributed by atoms with E-state index >= 15 is 0 Å². The molecule has 246 valence electrons. The molecule has 0 unspecified atom stereocenters. The van der Waals surface area contributed by atoms with Gasteiger partial charge in [0.2, 0.25) is 0 Å². The molecule has 11 rings (SSSR count). The van der Waals surface area contributed by atoms with Gasteiger partial charge in [0.25, 0.3) is 0 Å². The highest BCUT2D eigenvalue weighted by atomic mass is 16.3. The summed E-state index contributed by atoms with van der Waals surface area (Å²) < 4.78 is 6.60. The molecular formula is C49H29N3O. The zero-order valence-electron chi connectivity index (χ0n) is 28.5. The topological polar surface area (TPSA) is 51.8 Å². The average Bonchev–Trinajstić information content (AvgIpc) is 3.61. The van der Waals surface area contributed by atoms with Crippen LogP contribution in [0.5, 0.6) is 0 Å². The summed E-state index contributed by atoms with van der Waals surface area (Å²) >= 11 is 0. The molecule has 0 fully saturated rings. The van der Waals surface area contributed by atoms with Crippen molar-refractivity contribution in [1.82, 2.24) is 15.0 Å². The number of aromatic nitrogens is 3. The van der Waals surface area contributed by atoms with Crippen LogP contribution in [0.4, 0.5) is 0 Å². The van der Waals surface area contributed by atoms with Gasteiger partial charge in [-0.3, -0.25) is 0 Å². The minimum absolute atomic E-state index is 0.595. The van der Waals surface area contributed by atoms with E-state index in [4.69, 9.17) is 19.4 Å². The normalized spacial score (nSPS) is 11.8. The third-order valence-corrected chi connectivity index (χ3v) is 10.5. The molecule has 0 saturated heterocycles. The maximum Gasteiger partial charge on any atom is 0.164 e. The summed E-state index contributed by atoms with van der Waals surface area (Å²) in [7, 11) is 0. The number of furan rings is 1. The summed E-state index contributed by atoms with van der Waals surface area (Å²) in [5.74, 6) is 1.84. The second kappa shape index (κ2) is 11.7. The van der Waals surface area contributed by atoms with Gasteiger partial charge >= 0.3 is 0 Å². The van der Waals surface area contributed by atoms with E-state index in [-0.39, 0.29) is 0 Å². The molecule has 11 aromatic rings. The molecule has 0 spiro atoms. The van der Waals surface area contributed by atoms with Gasteiger partial charge in [-0.1, -0.05) is 146 Å². The second-order valence-corrected chi connectivity index (χ2v) is 13.6. The minimum atomic E-state index is 0.595. The van der Waals surface area contributed by atoms with Crippen LogP contribution in [0.1, 0.15) is 0 Å². The number of nitrogens with zero attached hydrogens (tertiary/aromatic N) is 3. The highest BCUT2D eigenvalue weighted by Crippen LogP contribution is 2.41. The van der Waals surface area contributed by atoms with E-state index in [0.717, 1.165) is 55.1 Å². The van der Waals surface area contributed by atoms with Crippen LogP contribution in [0.25, 0.3) is 110 Å². The maximum absolute atomic E-state index is 6.60. The van der Waals surface area contributed by atoms with Gasteiger partial charge < -0.3 is 4.42 Å². The first-order chi connectivity index (χ1) is 26.2. The molecule has 2 heterocycles. The predicted molar refractivity (Wildman–Crippen MR) is 219 cm³/mol. The molecule has 0 N–H and O–H groups in total. The van der Waals surface area contributed by atoms with Crippen LogP contribution >= 0.6 is 0 Å². The second-order valence-electron chi connectivity index (χ2n) is 13.6. The van der Waals surface area contributed by atoms with Gasteiger partial charge in [0, 0.05) is 27.5 Å². The molecular weight excluding hydrogens is 647 g/mol. The van der Waals surface area contributed by atoms with Crippen LogP contribution in [0.3, 0.4) is 0 Å². The Morgan fingerprint density at radius 3 is 1.75 bits per heavy atom. The molecule has 0 aliphatic heterocycles. The van der Waals surface area contributed by atoms with Crippen molar-refractivity contribution in [3.63, 3.8) is 0 Å². The Morgan fingerprint density at radius 2 is 0.906 bits per heavy atom. The quantitative estimate of drug-likeness (QED) is 0.174. The summed E-state index contributed by atoms with van der Waals surface area (Å²) in [6, 6.07) is 61.7. The van der Waals surface area contributed by atoms with Crippen molar-refractivity contribution < 1.29 is 4.42 Å². The number of benzene rings is 9. The lowest BCUT2D eigenvalue weighted by atomic mass is 9.93. The number of hydrogen-bond donors (Lipinski definition) is 0. The standard InChI is InChI=1S/C49H29N3O/c1-2-12-34(13-3-1)47-50-48(37-25-18-30-10-4-5-14-35(30)26-37)52-49(51-47)42-28-38(29-44-46(42)40-16-8-9-17-43(40)53-44)36-24-21-32-20-23-33-22-19-31-11-6-7-15-39(31)45(33)41(32)27-36/h1-29H. The summed E-state index contributed by atoms with van der Waals surface area (Å²) in [4.78, 5) is 15.5. The molecule has 4 heteroatoms. The van der Waals surface area contributed by atoms with E-state index in [0.29, 0.717) is 17.5 Å². The number of hydrogen-bond acceptors (Lipinski definition) is 4. The van der Waals surface area contributed by atoms with Gasteiger partial charge in [-0.2, -0.15) is 0 Å². The van der Waals surface area contributed by atoms with Gasteiger partial charge in [-0.05, 0) is 84.5 Å². The van der Waals surface area contributed by atoms with E-state index in [1.807, 2.05) is 42.5 Å². The Kier molecular flexibility index (Phi) is 6.52. The summed E-state index contributed by atoms with van der Waals surface area (Å²) in [5, 5.41) is 11.7. The Hall–Kier alpha value is -7.17.